The second kappa shape index (κ2) is 8.46. The molecular weight excluding hydrogens is 460 g/mol. The highest BCUT2D eigenvalue weighted by atomic mass is 35.5. The molecule has 2 aliphatic rings. The number of hydrogen-bond acceptors (Lipinski definition) is 6. The molecule has 1 saturated carbocycles. The van der Waals surface area contributed by atoms with Crippen LogP contribution in [0.3, 0.4) is 0 Å². The van der Waals surface area contributed by atoms with Crippen LogP contribution in [-0.4, -0.2) is 60.6 Å². The van der Waals surface area contributed by atoms with Gasteiger partial charge in [0, 0.05) is 55.2 Å². The average Bonchev–Trinajstić information content (AvgIpc) is 3.44. The summed E-state index contributed by atoms with van der Waals surface area (Å²) in [5, 5.41) is 10.2. The van der Waals surface area contributed by atoms with Gasteiger partial charge in [-0.15, -0.1) is 5.10 Å². The zero-order valence-electron chi connectivity index (χ0n) is 19.4. The first-order valence-corrected chi connectivity index (χ1v) is 12.2. The Morgan fingerprint density at radius 2 is 1.71 bits per heavy atom. The zero-order valence-corrected chi connectivity index (χ0v) is 20.2. The highest BCUT2D eigenvalue weighted by Crippen LogP contribution is 2.34. The van der Waals surface area contributed by atoms with Crippen molar-refractivity contribution in [1.29, 1.82) is 0 Å². The third-order valence-electron chi connectivity index (χ3n) is 6.87. The molecule has 1 aliphatic carbocycles. The smallest absolute Gasteiger partial charge is 0.128 e. The molecular formula is C26H27ClN8. The molecule has 4 aromatic rings. The Morgan fingerprint density at radius 3 is 2.40 bits per heavy atom. The van der Waals surface area contributed by atoms with Crippen molar-refractivity contribution in [1.82, 2.24) is 34.5 Å². The number of aromatic nitrogens is 5. The summed E-state index contributed by atoms with van der Waals surface area (Å²) in [4.78, 5) is 9.44. The Balaban J connectivity index is 1.17. The molecule has 0 radical (unpaired) electrons. The number of pyridine rings is 1. The Hall–Kier alpha value is -3.78. The van der Waals surface area contributed by atoms with Crippen molar-refractivity contribution in [2.45, 2.75) is 18.9 Å². The molecule has 3 aromatic heterocycles. The molecule has 2 N–H and O–H groups in total. The van der Waals surface area contributed by atoms with E-state index in [-0.39, 0.29) is 0 Å². The molecule has 178 valence electrons. The number of benzene rings is 1. The number of nitrogen functional groups attached to an aromatic ring is 1. The molecule has 35 heavy (non-hydrogen) atoms. The number of nitrogens with two attached hydrogens (primary N) is 1. The molecule has 1 aliphatic heterocycles. The first-order valence-electron chi connectivity index (χ1n) is 11.8. The molecule has 1 aromatic carbocycles. The van der Waals surface area contributed by atoms with Gasteiger partial charge in [-0.05, 0) is 36.6 Å². The molecule has 0 spiro atoms. The largest absolute Gasteiger partial charge is 0.368 e. The molecule has 2 fully saturated rings. The molecule has 9 heteroatoms. The Bertz CT molecular complexity index is 1440. The molecule has 0 atom stereocenters. The van der Waals surface area contributed by atoms with Crippen LogP contribution in [0.4, 0.5) is 0 Å². The Kier molecular flexibility index (Phi) is 5.25. The van der Waals surface area contributed by atoms with Crippen molar-refractivity contribution in [3.8, 4) is 11.3 Å². The van der Waals surface area contributed by atoms with E-state index in [0.29, 0.717) is 11.1 Å². The average molecular weight is 487 g/mol. The topological polar surface area (TPSA) is 81.0 Å². The number of hydrogen-bond donors (Lipinski definition) is 1. The molecule has 0 unspecified atom stereocenters. The summed E-state index contributed by atoms with van der Waals surface area (Å²) in [7, 11) is 0. The lowest BCUT2D eigenvalue weighted by atomic mass is 10.1. The van der Waals surface area contributed by atoms with Gasteiger partial charge in [-0.2, -0.15) is 0 Å². The van der Waals surface area contributed by atoms with Gasteiger partial charge in [0.1, 0.15) is 5.69 Å². The minimum Gasteiger partial charge on any atom is -0.368 e. The molecule has 6 rings (SSSR count). The van der Waals surface area contributed by atoms with Crippen LogP contribution in [-0.2, 0) is 0 Å². The zero-order chi connectivity index (χ0) is 24.1. The number of rotatable bonds is 6. The van der Waals surface area contributed by atoms with Gasteiger partial charge in [0.15, 0.2) is 0 Å². The van der Waals surface area contributed by atoms with E-state index in [1.54, 1.807) is 6.20 Å². The normalized spacial score (nSPS) is 16.1. The van der Waals surface area contributed by atoms with Crippen LogP contribution in [0.25, 0.3) is 33.6 Å². The first kappa shape index (κ1) is 21.7. The fourth-order valence-electron chi connectivity index (χ4n) is 4.60. The number of nitrogens with zero attached hydrogens (tertiary/aromatic N) is 7. The third-order valence-corrected chi connectivity index (χ3v) is 7.19. The van der Waals surface area contributed by atoms with E-state index < -0.39 is 0 Å². The summed E-state index contributed by atoms with van der Waals surface area (Å²) < 4.78 is 3.48. The standard InChI is InChI=1S/C26H27ClN8/c1-17(32-9-11-33(12-10-32)18(2)26-16-35(31-30-26)21-4-5-21)19-3-6-22-23(27)14-24(29-25(22)13-19)20-7-8-34(28)15-20/h3,6-8,13-16,21H,1-2,4-5,9-12,28H2. The molecule has 0 bridgehead atoms. The monoisotopic (exact) mass is 486 g/mol. The summed E-state index contributed by atoms with van der Waals surface area (Å²) in [5.41, 5.74) is 6.37. The third kappa shape index (κ3) is 4.14. The maximum atomic E-state index is 6.58. The van der Waals surface area contributed by atoms with Crippen LogP contribution in [0.2, 0.25) is 5.02 Å². The first-order chi connectivity index (χ1) is 17.0. The van der Waals surface area contributed by atoms with E-state index in [1.165, 1.54) is 17.5 Å². The maximum absolute atomic E-state index is 6.58. The summed E-state index contributed by atoms with van der Waals surface area (Å²) in [6.45, 7) is 12.1. The predicted molar refractivity (Wildman–Crippen MR) is 140 cm³/mol. The number of piperazine rings is 1. The fraction of sp³-hybridized carbons (Fsp3) is 0.269. The van der Waals surface area contributed by atoms with Crippen LogP contribution in [0, 0.1) is 0 Å². The lowest BCUT2D eigenvalue weighted by molar-refractivity contribution is 0.239. The summed E-state index contributed by atoms with van der Waals surface area (Å²) in [6, 6.07) is 10.5. The SMILES string of the molecule is C=C(c1ccc2c(Cl)cc(-c3ccn(N)c3)nc2c1)N1CCN(C(=C)c2cn(C3CC3)nn2)CC1. The van der Waals surface area contributed by atoms with E-state index in [9.17, 15) is 0 Å². The lowest BCUT2D eigenvalue weighted by Gasteiger charge is -2.38. The van der Waals surface area contributed by atoms with Crippen molar-refractivity contribution < 1.29 is 0 Å². The van der Waals surface area contributed by atoms with Crippen molar-refractivity contribution in [2.75, 3.05) is 32.0 Å². The Morgan fingerprint density at radius 1 is 0.971 bits per heavy atom. The van der Waals surface area contributed by atoms with E-state index in [0.717, 1.165) is 71.0 Å². The van der Waals surface area contributed by atoms with Crippen LogP contribution >= 0.6 is 11.6 Å². The second-order valence-electron chi connectivity index (χ2n) is 9.25. The molecule has 0 amide bonds. The molecule has 8 nitrogen and oxygen atoms in total. The highest BCUT2D eigenvalue weighted by Gasteiger charge is 2.27. The minimum absolute atomic E-state index is 0.522. The van der Waals surface area contributed by atoms with Crippen molar-refractivity contribution in [3.63, 3.8) is 0 Å². The van der Waals surface area contributed by atoms with Crippen LogP contribution in [0.1, 0.15) is 30.1 Å². The second-order valence-corrected chi connectivity index (χ2v) is 9.66. The van der Waals surface area contributed by atoms with E-state index in [2.05, 4.69) is 45.4 Å². The van der Waals surface area contributed by atoms with Crippen LogP contribution in [0.5, 0.6) is 0 Å². The highest BCUT2D eigenvalue weighted by molar-refractivity contribution is 6.35. The van der Waals surface area contributed by atoms with E-state index in [1.807, 2.05) is 35.3 Å². The lowest BCUT2D eigenvalue weighted by Crippen LogP contribution is -2.44. The summed E-state index contributed by atoms with van der Waals surface area (Å²) in [5.74, 6) is 5.81. The van der Waals surface area contributed by atoms with Gasteiger partial charge in [0.2, 0.25) is 0 Å². The number of halogens is 1. The van der Waals surface area contributed by atoms with E-state index in [4.69, 9.17) is 22.4 Å². The minimum atomic E-state index is 0.522. The van der Waals surface area contributed by atoms with Crippen molar-refractivity contribution in [3.05, 3.63) is 78.4 Å². The number of fused-ring (bicyclic) bond motifs is 1. The fourth-order valence-corrected chi connectivity index (χ4v) is 4.86. The van der Waals surface area contributed by atoms with Gasteiger partial charge >= 0.3 is 0 Å². The maximum Gasteiger partial charge on any atom is 0.128 e. The van der Waals surface area contributed by atoms with Gasteiger partial charge in [0.05, 0.1) is 34.2 Å². The predicted octanol–water partition coefficient (Wildman–Crippen LogP) is 4.26. The van der Waals surface area contributed by atoms with Crippen LogP contribution in [0.15, 0.2) is 62.1 Å². The summed E-state index contributed by atoms with van der Waals surface area (Å²) >= 11 is 6.58. The van der Waals surface area contributed by atoms with Crippen molar-refractivity contribution >= 4 is 33.9 Å². The van der Waals surface area contributed by atoms with Gasteiger partial charge in [-0.1, -0.05) is 42.1 Å². The summed E-state index contributed by atoms with van der Waals surface area (Å²) in [6.07, 6.45) is 8.02. The Labute approximate surface area is 208 Å². The van der Waals surface area contributed by atoms with Gasteiger partial charge < -0.3 is 15.6 Å². The molecule has 4 heterocycles. The van der Waals surface area contributed by atoms with Gasteiger partial charge in [-0.25, -0.2) is 9.67 Å². The molecule has 1 saturated heterocycles. The quantitative estimate of drug-likeness (QED) is 0.410. The van der Waals surface area contributed by atoms with Gasteiger partial charge in [-0.3, -0.25) is 4.68 Å². The van der Waals surface area contributed by atoms with Crippen LogP contribution < -0.4 is 5.84 Å². The van der Waals surface area contributed by atoms with E-state index >= 15 is 0 Å². The van der Waals surface area contributed by atoms with Gasteiger partial charge in [0.25, 0.3) is 0 Å². The van der Waals surface area contributed by atoms with Crippen molar-refractivity contribution in [2.24, 2.45) is 0 Å².